The van der Waals surface area contributed by atoms with Gasteiger partial charge in [-0.1, -0.05) is 48.0 Å². The van der Waals surface area contributed by atoms with Crippen LogP contribution in [0.4, 0.5) is 5.69 Å². The molecule has 2 aliphatic heterocycles. The third kappa shape index (κ3) is 3.73. The maximum absolute atomic E-state index is 13.0. The summed E-state index contributed by atoms with van der Waals surface area (Å²) in [5.74, 6) is 1.73. The number of anilines is 1. The minimum absolute atomic E-state index is 0.0453. The third-order valence-electron chi connectivity index (χ3n) is 6.73. The van der Waals surface area contributed by atoms with Gasteiger partial charge in [-0.05, 0) is 54.1 Å². The molecule has 0 saturated carbocycles. The highest BCUT2D eigenvalue weighted by Crippen LogP contribution is 2.35. The topological polar surface area (TPSA) is 50.8 Å². The zero-order valence-electron chi connectivity index (χ0n) is 19.1. The Labute approximate surface area is 198 Å². The van der Waals surface area contributed by atoms with Gasteiger partial charge in [0.15, 0.2) is 6.73 Å². The van der Waals surface area contributed by atoms with Crippen molar-refractivity contribution in [1.82, 2.24) is 5.32 Å². The summed E-state index contributed by atoms with van der Waals surface area (Å²) in [4.78, 5) is 15.2. The van der Waals surface area contributed by atoms with Gasteiger partial charge in [-0.15, -0.1) is 0 Å². The molecule has 34 heavy (non-hydrogen) atoms. The van der Waals surface area contributed by atoms with Crippen molar-refractivity contribution < 1.29 is 14.3 Å². The Morgan fingerprint density at radius 2 is 1.76 bits per heavy atom. The quantitative estimate of drug-likeness (QED) is 0.431. The van der Waals surface area contributed by atoms with Crippen molar-refractivity contribution in [2.75, 3.05) is 18.2 Å². The van der Waals surface area contributed by atoms with Crippen LogP contribution in [0.5, 0.6) is 11.5 Å². The van der Waals surface area contributed by atoms with Gasteiger partial charge in [0.25, 0.3) is 5.91 Å². The summed E-state index contributed by atoms with van der Waals surface area (Å²) < 4.78 is 11.8. The van der Waals surface area contributed by atoms with E-state index < -0.39 is 0 Å². The first-order valence-electron chi connectivity index (χ1n) is 11.7. The van der Waals surface area contributed by atoms with E-state index in [-0.39, 0.29) is 11.9 Å². The van der Waals surface area contributed by atoms with Crippen LogP contribution in [-0.2, 0) is 6.54 Å². The number of nitrogens with zero attached hydrogens (tertiary/aromatic N) is 1. The summed E-state index contributed by atoms with van der Waals surface area (Å²) in [5.41, 5.74) is 5.08. The van der Waals surface area contributed by atoms with Gasteiger partial charge in [0.1, 0.15) is 11.5 Å². The monoisotopic (exact) mass is 450 g/mol. The van der Waals surface area contributed by atoms with Crippen LogP contribution in [0, 0.1) is 6.92 Å². The fraction of sp³-hybridized carbons (Fsp3) is 0.207. The third-order valence-corrected chi connectivity index (χ3v) is 6.73. The molecule has 0 fully saturated rings. The van der Waals surface area contributed by atoms with E-state index in [1.54, 1.807) is 0 Å². The van der Waals surface area contributed by atoms with E-state index in [9.17, 15) is 4.79 Å². The molecule has 4 aromatic carbocycles. The number of carbonyl (C=O) groups is 1. The van der Waals surface area contributed by atoms with Crippen molar-refractivity contribution in [3.63, 3.8) is 0 Å². The highest BCUT2D eigenvalue weighted by atomic mass is 16.5. The van der Waals surface area contributed by atoms with Crippen molar-refractivity contribution >= 4 is 22.4 Å². The molecule has 5 heteroatoms. The smallest absolute Gasteiger partial charge is 0.251 e. The van der Waals surface area contributed by atoms with E-state index in [0.29, 0.717) is 18.9 Å². The molecule has 0 radical (unpaired) electrons. The van der Waals surface area contributed by atoms with Crippen molar-refractivity contribution in [2.45, 2.75) is 25.9 Å². The lowest BCUT2D eigenvalue weighted by Crippen LogP contribution is -2.33. The van der Waals surface area contributed by atoms with Gasteiger partial charge >= 0.3 is 0 Å². The van der Waals surface area contributed by atoms with Gasteiger partial charge in [0, 0.05) is 28.8 Å². The number of hydrogen-bond donors (Lipinski definition) is 1. The largest absolute Gasteiger partial charge is 0.493 e. The fourth-order valence-electron chi connectivity index (χ4n) is 4.89. The van der Waals surface area contributed by atoms with Crippen LogP contribution in [0.2, 0.25) is 0 Å². The number of fused-ring (bicyclic) bond motifs is 4. The standard InChI is InChI=1S/C29H26N2O3/c1-19-6-12-27-24(16-19)26(14-15-33-27)30-29(32)21-7-10-22(11-8-21)31-17-25-23-5-3-2-4-20(23)9-13-28(25)34-18-31/h2-13,16,26H,14-15,17-18H2,1H3,(H,30,32). The van der Waals surface area contributed by atoms with Gasteiger partial charge in [-0.25, -0.2) is 0 Å². The molecule has 0 spiro atoms. The van der Waals surface area contributed by atoms with Crippen molar-refractivity contribution in [3.8, 4) is 11.5 Å². The number of aryl methyl sites for hydroxylation is 1. The number of nitrogens with one attached hydrogen (secondary N) is 1. The molecular weight excluding hydrogens is 424 g/mol. The Balaban J connectivity index is 1.19. The van der Waals surface area contributed by atoms with Crippen LogP contribution in [0.25, 0.3) is 10.8 Å². The van der Waals surface area contributed by atoms with Gasteiger partial charge in [-0.3, -0.25) is 4.79 Å². The molecular formula is C29H26N2O3. The van der Waals surface area contributed by atoms with Crippen LogP contribution >= 0.6 is 0 Å². The molecule has 170 valence electrons. The first-order valence-corrected chi connectivity index (χ1v) is 11.7. The second-order valence-corrected chi connectivity index (χ2v) is 8.99. The molecule has 5 nitrogen and oxygen atoms in total. The summed E-state index contributed by atoms with van der Waals surface area (Å²) in [6, 6.07) is 26.4. The minimum Gasteiger partial charge on any atom is -0.493 e. The predicted molar refractivity (Wildman–Crippen MR) is 134 cm³/mol. The fourth-order valence-corrected chi connectivity index (χ4v) is 4.89. The Morgan fingerprint density at radius 3 is 2.65 bits per heavy atom. The van der Waals surface area contributed by atoms with Crippen LogP contribution < -0.4 is 19.7 Å². The average molecular weight is 451 g/mol. The van der Waals surface area contributed by atoms with Crippen LogP contribution in [-0.4, -0.2) is 19.2 Å². The Morgan fingerprint density at radius 1 is 0.941 bits per heavy atom. The summed E-state index contributed by atoms with van der Waals surface area (Å²) in [6.45, 7) is 3.90. The number of amides is 1. The molecule has 0 saturated heterocycles. The number of ether oxygens (including phenoxy) is 2. The van der Waals surface area contributed by atoms with Gasteiger partial charge in [0.2, 0.25) is 0 Å². The van der Waals surface area contributed by atoms with E-state index in [1.165, 1.54) is 16.3 Å². The Kier molecular flexibility index (Phi) is 5.10. The first kappa shape index (κ1) is 20.6. The van der Waals surface area contributed by atoms with E-state index >= 15 is 0 Å². The van der Waals surface area contributed by atoms with Gasteiger partial charge in [0.05, 0.1) is 19.2 Å². The van der Waals surface area contributed by atoms with Crippen molar-refractivity contribution in [3.05, 3.63) is 101 Å². The van der Waals surface area contributed by atoms with E-state index in [4.69, 9.17) is 9.47 Å². The van der Waals surface area contributed by atoms with Gasteiger partial charge < -0.3 is 19.7 Å². The second kappa shape index (κ2) is 8.41. The maximum atomic E-state index is 13.0. The zero-order chi connectivity index (χ0) is 23.1. The lowest BCUT2D eigenvalue weighted by Gasteiger charge is -2.31. The lowest BCUT2D eigenvalue weighted by atomic mass is 9.98. The van der Waals surface area contributed by atoms with Crippen molar-refractivity contribution in [1.29, 1.82) is 0 Å². The maximum Gasteiger partial charge on any atom is 0.251 e. The molecule has 1 unspecified atom stereocenters. The van der Waals surface area contributed by atoms with E-state index in [1.807, 2.05) is 36.4 Å². The number of carbonyl (C=O) groups excluding carboxylic acids is 1. The van der Waals surface area contributed by atoms with Crippen LogP contribution in [0.3, 0.4) is 0 Å². The SMILES string of the molecule is Cc1ccc2c(c1)C(NC(=O)c1ccc(N3COc4ccc5ccccc5c4C3)cc1)CCO2. The summed E-state index contributed by atoms with van der Waals surface area (Å²) >= 11 is 0. The first-order chi connectivity index (χ1) is 16.7. The molecule has 4 aromatic rings. The molecule has 1 N–H and O–H groups in total. The zero-order valence-corrected chi connectivity index (χ0v) is 19.1. The molecule has 2 aliphatic rings. The van der Waals surface area contributed by atoms with Gasteiger partial charge in [-0.2, -0.15) is 0 Å². The molecule has 1 atom stereocenters. The van der Waals surface area contributed by atoms with E-state index in [0.717, 1.165) is 41.3 Å². The molecule has 2 heterocycles. The minimum atomic E-state index is -0.0721. The number of hydrogen-bond acceptors (Lipinski definition) is 4. The summed E-state index contributed by atoms with van der Waals surface area (Å²) in [7, 11) is 0. The molecule has 1 amide bonds. The highest BCUT2D eigenvalue weighted by molar-refractivity contribution is 5.95. The van der Waals surface area contributed by atoms with Crippen LogP contribution in [0.1, 0.15) is 39.5 Å². The molecule has 0 bridgehead atoms. The van der Waals surface area contributed by atoms with Crippen LogP contribution in [0.15, 0.2) is 78.9 Å². The number of benzene rings is 4. The predicted octanol–water partition coefficient (Wildman–Crippen LogP) is 5.76. The summed E-state index contributed by atoms with van der Waals surface area (Å²) in [6.07, 6.45) is 0.763. The average Bonchev–Trinajstić information content (AvgIpc) is 2.88. The second-order valence-electron chi connectivity index (χ2n) is 8.99. The number of rotatable bonds is 3. The Bertz CT molecular complexity index is 1380. The van der Waals surface area contributed by atoms with E-state index in [2.05, 4.69) is 59.6 Å². The van der Waals surface area contributed by atoms with Crippen molar-refractivity contribution in [2.24, 2.45) is 0 Å². The highest BCUT2D eigenvalue weighted by Gasteiger charge is 2.24. The summed E-state index contributed by atoms with van der Waals surface area (Å²) in [5, 5.41) is 5.62. The molecule has 0 aliphatic carbocycles. The molecule has 0 aromatic heterocycles. The molecule has 6 rings (SSSR count). The normalized spacial score (nSPS) is 16.7. The lowest BCUT2D eigenvalue weighted by molar-refractivity contribution is 0.0925. The Hall–Kier alpha value is -3.99.